The van der Waals surface area contributed by atoms with E-state index in [0.29, 0.717) is 5.69 Å². The van der Waals surface area contributed by atoms with Gasteiger partial charge in [-0.1, -0.05) is 50.5 Å². The van der Waals surface area contributed by atoms with E-state index in [4.69, 9.17) is 0 Å². The summed E-state index contributed by atoms with van der Waals surface area (Å²) < 4.78 is 27.9. The number of hydrogen-bond acceptors (Lipinski definition) is 3. The van der Waals surface area contributed by atoms with Gasteiger partial charge in [0.25, 0.3) is 0 Å². The van der Waals surface area contributed by atoms with Crippen LogP contribution in [0, 0.1) is 0 Å². The zero-order valence-corrected chi connectivity index (χ0v) is 17.5. The van der Waals surface area contributed by atoms with Crippen molar-refractivity contribution in [2.75, 3.05) is 5.32 Å². The molecule has 0 aliphatic heterocycles. The van der Waals surface area contributed by atoms with Crippen LogP contribution in [-0.4, -0.2) is 20.4 Å². The van der Waals surface area contributed by atoms with Gasteiger partial charge in [0.05, 0.1) is 4.90 Å². The first-order valence-corrected chi connectivity index (χ1v) is 11.6. The average molecular weight is 413 g/mol. The van der Waals surface area contributed by atoms with E-state index in [9.17, 15) is 13.2 Å². The molecule has 0 unspecified atom stereocenters. The Balaban J connectivity index is 1.57. The number of amides is 1. The van der Waals surface area contributed by atoms with Crippen LogP contribution in [-0.2, 0) is 21.2 Å². The summed E-state index contributed by atoms with van der Waals surface area (Å²) in [7, 11) is -3.53. The molecule has 6 heteroatoms. The van der Waals surface area contributed by atoms with Crippen LogP contribution in [0.1, 0.15) is 50.2 Å². The molecule has 2 aromatic rings. The first kappa shape index (κ1) is 21.3. The number of aryl methyl sites for hydroxylation is 1. The highest BCUT2D eigenvalue weighted by Gasteiger charge is 2.21. The fourth-order valence-corrected chi connectivity index (χ4v) is 4.75. The summed E-state index contributed by atoms with van der Waals surface area (Å²) in [6.07, 6.45) is 9.28. The van der Waals surface area contributed by atoms with E-state index in [1.165, 1.54) is 30.2 Å². The van der Waals surface area contributed by atoms with Crippen molar-refractivity contribution in [1.82, 2.24) is 4.72 Å². The predicted octanol–water partition coefficient (Wildman–Crippen LogP) is 4.51. The van der Waals surface area contributed by atoms with Crippen LogP contribution in [0.3, 0.4) is 0 Å². The normalized spacial score (nSPS) is 15.5. The predicted molar refractivity (Wildman–Crippen MR) is 117 cm³/mol. The van der Waals surface area contributed by atoms with Crippen LogP contribution in [0.25, 0.3) is 6.08 Å². The highest BCUT2D eigenvalue weighted by atomic mass is 32.2. The lowest BCUT2D eigenvalue weighted by molar-refractivity contribution is -0.111. The summed E-state index contributed by atoms with van der Waals surface area (Å²) in [5.41, 5.74) is 2.75. The molecule has 0 aromatic heterocycles. The molecule has 0 atom stereocenters. The highest BCUT2D eigenvalue weighted by Crippen LogP contribution is 2.21. The number of hydrogen-bond donors (Lipinski definition) is 2. The van der Waals surface area contributed by atoms with Gasteiger partial charge in [0, 0.05) is 17.8 Å². The van der Waals surface area contributed by atoms with Gasteiger partial charge >= 0.3 is 0 Å². The smallest absolute Gasteiger partial charge is 0.248 e. The zero-order chi connectivity index (χ0) is 20.7. The van der Waals surface area contributed by atoms with Crippen LogP contribution < -0.4 is 10.0 Å². The van der Waals surface area contributed by atoms with E-state index in [0.717, 1.165) is 37.7 Å². The highest BCUT2D eigenvalue weighted by molar-refractivity contribution is 7.89. The number of anilines is 1. The minimum Gasteiger partial charge on any atom is -0.323 e. The number of carbonyl (C=O) groups excluding carboxylic acids is 1. The Morgan fingerprint density at radius 2 is 1.66 bits per heavy atom. The monoisotopic (exact) mass is 412 g/mol. The maximum atomic E-state index is 12.5. The number of benzene rings is 2. The van der Waals surface area contributed by atoms with Crippen molar-refractivity contribution in [1.29, 1.82) is 0 Å². The van der Waals surface area contributed by atoms with Crippen molar-refractivity contribution in [3.8, 4) is 0 Å². The Hall–Kier alpha value is -2.44. The maximum Gasteiger partial charge on any atom is 0.248 e. The maximum absolute atomic E-state index is 12.5. The molecule has 0 radical (unpaired) electrons. The average Bonchev–Trinajstić information content (AvgIpc) is 2.73. The van der Waals surface area contributed by atoms with Crippen LogP contribution in [0.2, 0.25) is 0 Å². The van der Waals surface area contributed by atoms with Gasteiger partial charge in [-0.2, -0.15) is 0 Å². The van der Waals surface area contributed by atoms with E-state index in [2.05, 4.69) is 17.0 Å². The van der Waals surface area contributed by atoms with Gasteiger partial charge in [0.1, 0.15) is 0 Å². The van der Waals surface area contributed by atoms with Gasteiger partial charge in [-0.25, -0.2) is 13.1 Å². The zero-order valence-electron chi connectivity index (χ0n) is 16.7. The molecule has 0 heterocycles. The van der Waals surface area contributed by atoms with Gasteiger partial charge in [-0.05, 0) is 60.7 Å². The molecule has 0 bridgehead atoms. The Morgan fingerprint density at radius 3 is 2.28 bits per heavy atom. The molecule has 1 fully saturated rings. The molecule has 1 aliphatic rings. The van der Waals surface area contributed by atoms with Crippen molar-refractivity contribution in [3.05, 3.63) is 65.7 Å². The molecule has 1 amide bonds. The molecule has 3 rings (SSSR count). The Bertz CT molecular complexity index is 943. The van der Waals surface area contributed by atoms with Crippen molar-refractivity contribution in [3.63, 3.8) is 0 Å². The Kier molecular flexibility index (Phi) is 7.23. The van der Waals surface area contributed by atoms with Crippen molar-refractivity contribution < 1.29 is 13.2 Å². The lowest BCUT2D eigenvalue weighted by Gasteiger charge is -2.22. The summed E-state index contributed by atoms with van der Waals surface area (Å²) in [5.74, 6) is -0.263. The summed E-state index contributed by atoms with van der Waals surface area (Å²) in [6.45, 7) is 2.10. The largest absolute Gasteiger partial charge is 0.323 e. The van der Waals surface area contributed by atoms with E-state index in [1.807, 2.05) is 24.3 Å². The SMILES string of the molecule is CCc1ccc(/C=C/C(=O)Nc2ccc(S(=O)(=O)NC3CCCCC3)cc2)cc1. The van der Waals surface area contributed by atoms with Crippen LogP contribution >= 0.6 is 0 Å². The van der Waals surface area contributed by atoms with E-state index in [1.54, 1.807) is 18.2 Å². The summed E-state index contributed by atoms with van der Waals surface area (Å²) in [4.78, 5) is 12.3. The van der Waals surface area contributed by atoms with Gasteiger partial charge in [-0.15, -0.1) is 0 Å². The van der Waals surface area contributed by atoms with E-state index < -0.39 is 10.0 Å². The number of sulfonamides is 1. The quantitative estimate of drug-likeness (QED) is 0.657. The van der Waals surface area contributed by atoms with E-state index in [-0.39, 0.29) is 16.8 Å². The summed E-state index contributed by atoms with van der Waals surface area (Å²) >= 11 is 0. The molecular weight excluding hydrogens is 384 g/mol. The van der Waals surface area contributed by atoms with Gasteiger partial charge in [-0.3, -0.25) is 4.79 Å². The molecule has 0 saturated heterocycles. The third-order valence-electron chi connectivity index (χ3n) is 5.17. The summed E-state index contributed by atoms with van der Waals surface area (Å²) in [5, 5.41) is 2.75. The molecular formula is C23H28N2O3S. The first-order chi connectivity index (χ1) is 14.0. The first-order valence-electron chi connectivity index (χ1n) is 10.2. The molecule has 1 aliphatic carbocycles. The Morgan fingerprint density at radius 1 is 1.00 bits per heavy atom. The molecule has 154 valence electrons. The second-order valence-electron chi connectivity index (χ2n) is 7.40. The third kappa shape index (κ3) is 6.27. The lowest BCUT2D eigenvalue weighted by Crippen LogP contribution is -2.36. The molecule has 5 nitrogen and oxygen atoms in total. The fraction of sp³-hybridized carbons (Fsp3) is 0.348. The molecule has 2 aromatic carbocycles. The molecule has 0 spiro atoms. The minimum absolute atomic E-state index is 0.0182. The Labute approximate surface area is 173 Å². The van der Waals surface area contributed by atoms with Crippen LogP contribution in [0.4, 0.5) is 5.69 Å². The van der Waals surface area contributed by atoms with Crippen molar-refractivity contribution in [2.24, 2.45) is 0 Å². The number of nitrogens with one attached hydrogen (secondary N) is 2. The van der Waals surface area contributed by atoms with Gasteiger partial charge < -0.3 is 5.32 Å². The van der Waals surface area contributed by atoms with E-state index >= 15 is 0 Å². The molecule has 1 saturated carbocycles. The van der Waals surface area contributed by atoms with Crippen molar-refractivity contribution in [2.45, 2.75) is 56.4 Å². The van der Waals surface area contributed by atoms with Crippen molar-refractivity contribution >= 4 is 27.7 Å². The minimum atomic E-state index is -3.53. The lowest BCUT2D eigenvalue weighted by atomic mass is 9.96. The fourth-order valence-electron chi connectivity index (χ4n) is 3.45. The topological polar surface area (TPSA) is 75.3 Å². The van der Waals surface area contributed by atoms with Crippen LogP contribution in [0.15, 0.2) is 59.5 Å². The third-order valence-corrected chi connectivity index (χ3v) is 6.71. The van der Waals surface area contributed by atoms with Crippen LogP contribution in [0.5, 0.6) is 0 Å². The summed E-state index contributed by atoms with van der Waals surface area (Å²) in [6, 6.07) is 14.3. The molecule has 29 heavy (non-hydrogen) atoms. The van der Waals surface area contributed by atoms with Gasteiger partial charge in [0.2, 0.25) is 15.9 Å². The second kappa shape index (κ2) is 9.85. The number of carbonyl (C=O) groups is 1. The standard InChI is InChI=1S/C23H28N2O3S/c1-2-18-8-10-19(11-9-18)12-17-23(26)24-20-13-15-22(16-14-20)29(27,28)25-21-6-4-3-5-7-21/h8-17,21,25H,2-7H2,1H3,(H,24,26)/b17-12+. The second-order valence-corrected chi connectivity index (χ2v) is 9.11. The number of rotatable bonds is 7. The molecule has 2 N–H and O–H groups in total. The van der Waals surface area contributed by atoms with Gasteiger partial charge in [0.15, 0.2) is 0 Å².